The maximum atomic E-state index is 12.8. The van der Waals surface area contributed by atoms with Crippen LogP contribution in [0.25, 0.3) is 11.4 Å². The van der Waals surface area contributed by atoms with Crippen LogP contribution in [0.1, 0.15) is 12.0 Å². The smallest absolute Gasteiger partial charge is 0.387 e. The Kier molecular flexibility index (Phi) is 3.70. The summed E-state index contributed by atoms with van der Waals surface area (Å²) in [6.07, 6.45) is -0.582. The number of halogens is 3. The molecule has 1 aliphatic heterocycles. The lowest BCUT2D eigenvalue weighted by atomic mass is 10.0. The Bertz CT molecular complexity index is 660. The summed E-state index contributed by atoms with van der Waals surface area (Å²) in [4.78, 5) is 4.15. The topological polar surface area (TPSA) is 50.1 Å². The average Bonchev–Trinajstić information content (AvgIpc) is 3.08. The van der Waals surface area contributed by atoms with Gasteiger partial charge in [-0.2, -0.15) is 13.2 Å². The molecule has 1 unspecified atom stereocenters. The summed E-state index contributed by atoms with van der Waals surface area (Å²) in [7, 11) is 0. The van der Waals surface area contributed by atoms with E-state index < -0.39 is 17.3 Å². The zero-order chi connectivity index (χ0) is 15.8. The summed E-state index contributed by atoms with van der Waals surface area (Å²) in [5.74, 6) is 0.423. The molecule has 7 heteroatoms. The standard InChI is InChI=1S/C15H16F3N3O/c16-15(17,18)12-3-1-2-11(8-12)13-20-6-7-21(13)10-14(22)4-5-19-9-14/h1-3,6-8,19,22H,4-5,9-10H2. The monoisotopic (exact) mass is 311 g/mol. The summed E-state index contributed by atoms with van der Waals surface area (Å²) in [5.41, 5.74) is -1.22. The van der Waals surface area contributed by atoms with Gasteiger partial charge in [0.25, 0.3) is 0 Å². The van der Waals surface area contributed by atoms with E-state index in [0.717, 1.165) is 18.7 Å². The van der Waals surface area contributed by atoms with Crippen molar-refractivity contribution in [2.24, 2.45) is 0 Å². The first kappa shape index (κ1) is 15.1. The van der Waals surface area contributed by atoms with Gasteiger partial charge in [-0.1, -0.05) is 12.1 Å². The van der Waals surface area contributed by atoms with E-state index in [0.29, 0.717) is 30.9 Å². The molecule has 2 N–H and O–H groups in total. The average molecular weight is 311 g/mol. The van der Waals surface area contributed by atoms with Crippen LogP contribution in [-0.2, 0) is 12.7 Å². The molecule has 22 heavy (non-hydrogen) atoms. The molecule has 4 nitrogen and oxygen atoms in total. The van der Waals surface area contributed by atoms with Crippen LogP contribution in [0.5, 0.6) is 0 Å². The summed E-state index contributed by atoms with van der Waals surface area (Å²) in [6.45, 7) is 1.49. The van der Waals surface area contributed by atoms with Gasteiger partial charge in [0.15, 0.2) is 0 Å². The Morgan fingerprint density at radius 2 is 2.18 bits per heavy atom. The van der Waals surface area contributed by atoms with Crippen LogP contribution in [-0.4, -0.2) is 33.3 Å². The number of β-amino-alcohol motifs (C(OH)–C–C–N with tert-alkyl or cyclic N) is 1. The van der Waals surface area contributed by atoms with Crippen molar-refractivity contribution in [1.29, 1.82) is 0 Å². The van der Waals surface area contributed by atoms with E-state index in [1.165, 1.54) is 12.3 Å². The number of benzene rings is 1. The predicted molar refractivity (Wildman–Crippen MR) is 75.1 cm³/mol. The van der Waals surface area contributed by atoms with Crippen LogP contribution in [0, 0.1) is 0 Å². The summed E-state index contributed by atoms with van der Waals surface area (Å²) < 4.78 is 40.2. The molecule has 0 radical (unpaired) electrons. The second-order valence-electron chi connectivity index (χ2n) is 5.61. The van der Waals surface area contributed by atoms with Crippen molar-refractivity contribution in [3.8, 4) is 11.4 Å². The number of imidazole rings is 1. The summed E-state index contributed by atoms with van der Waals surface area (Å²) in [5, 5.41) is 13.5. The van der Waals surface area contributed by atoms with Crippen LogP contribution in [0.4, 0.5) is 13.2 Å². The Balaban J connectivity index is 1.92. The van der Waals surface area contributed by atoms with Gasteiger partial charge >= 0.3 is 6.18 Å². The third-order valence-corrected chi connectivity index (χ3v) is 3.85. The van der Waals surface area contributed by atoms with Gasteiger partial charge < -0.3 is 15.0 Å². The zero-order valence-electron chi connectivity index (χ0n) is 11.8. The number of nitrogens with zero attached hydrogens (tertiary/aromatic N) is 2. The van der Waals surface area contributed by atoms with E-state index in [2.05, 4.69) is 10.3 Å². The summed E-state index contributed by atoms with van der Waals surface area (Å²) >= 11 is 0. The first-order valence-corrected chi connectivity index (χ1v) is 6.99. The highest BCUT2D eigenvalue weighted by molar-refractivity contribution is 5.57. The fourth-order valence-corrected chi connectivity index (χ4v) is 2.71. The molecule has 2 heterocycles. The van der Waals surface area contributed by atoms with Gasteiger partial charge in [-0.3, -0.25) is 0 Å². The van der Waals surface area contributed by atoms with Gasteiger partial charge in [-0.15, -0.1) is 0 Å². The van der Waals surface area contributed by atoms with Crippen molar-refractivity contribution < 1.29 is 18.3 Å². The first-order valence-electron chi connectivity index (χ1n) is 6.99. The molecule has 118 valence electrons. The molecule has 0 amide bonds. The molecule has 0 bridgehead atoms. The molecule has 2 aromatic rings. The summed E-state index contributed by atoms with van der Waals surface area (Å²) in [6, 6.07) is 5.06. The quantitative estimate of drug-likeness (QED) is 0.914. The molecule has 1 fully saturated rings. The molecule has 0 saturated carbocycles. The Hall–Kier alpha value is -1.86. The maximum Gasteiger partial charge on any atom is 0.416 e. The van der Waals surface area contributed by atoms with E-state index in [9.17, 15) is 18.3 Å². The zero-order valence-corrected chi connectivity index (χ0v) is 11.8. The van der Waals surface area contributed by atoms with E-state index in [1.807, 2.05) is 0 Å². The largest absolute Gasteiger partial charge is 0.416 e. The Morgan fingerprint density at radius 3 is 2.86 bits per heavy atom. The number of aliphatic hydroxyl groups is 1. The van der Waals surface area contributed by atoms with E-state index in [4.69, 9.17) is 0 Å². The van der Waals surface area contributed by atoms with Crippen LogP contribution >= 0.6 is 0 Å². The lowest BCUT2D eigenvalue weighted by Crippen LogP contribution is -2.36. The number of nitrogens with one attached hydrogen (secondary N) is 1. The van der Waals surface area contributed by atoms with E-state index in [-0.39, 0.29) is 0 Å². The molecule has 1 aromatic heterocycles. The molecule has 1 aliphatic rings. The fraction of sp³-hybridized carbons (Fsp3) is 0.400. The highest BCUT2D eigenvalue weighted by atomic mass is 19.4. The number of hydrogen-bond donors (Lipinski definition) is 2. The SMILES string of the molecule is OC1(Cn2ccnc2-c2cccc(C(F)(F)F)c2)CCNC1. The van der Waals surface area contributed by atoms with Crippen LogP contribution in [0.2, 0.25) is 0 Å². The van der Waals surface area contributed by atoms with Crippen molar-refractivity contribution in [3.05, 3.63) is 42.2 Å². The van der Waals surface area contributed by atoms with Gasteiger partial charge in [0.05, 0.1) is 17.7 Å². The number of hydrogen-bond acceptors (Lipinski definition) is 3. The second-order valence-corrected chi connectivity index (χ2v) is 5.61. The Morgan fingerprint density at radius 1 is 1.36 bits per heavy atom. The normalized spacial score (nSPS) is 22.2. The number of alkyl halides is 3. The number of rotatable bonds is 3. The van der Waals surface area contributed by atoms with Gasteiger partial charge in [0, 0.05) is 24.5 Å². The minimum Gasteiger partial charge on any atom is -0.387 e. The molecule has 0 spiro atoms. The molecular weight excluding hydrogens is 295 g/mol. The minimum atomic E-state index is -4.39. The van der Waals surface area contributed by atoms with Crippen molar-refractivity contribution in [3.63, 3.8) is 0 Å². The van der Waals surface area contributed by atoms with Gasteiger partial charge in [-0.25, -0.2) is 4.98 Å². The van der Waals surface area contributed by atoms with Crippen LogP contribution < -0.4 is 5.32 Å². The van der Waals surface area contributed by atoms with Crippen molar-refractivity contribution in [1.82, 2.24) is 14.9 Å². The Labute approximate surface area is 125 Å². The molecule has 1 saturated heterocycles. The van der Waals surface area contributed by atoms with Crippen molar-refractivity contribution in [2.45, 2.75) is 24.7 Å². The minimum absolute atomic E-state index is 0.297. The lowest BCUT2D eigenvalue weighted by Gasteiger charge is -2.23. The fourth-order valence-electron chi connectivity index (χ4n) is 2.71. The van der Waals surface area contributed by atoms with Gasteiger partial charge in [0.1, 0.15) is 5.82 Å². The molecule has 0 aliphatic carbocycles. The first-order chi connectivity index (χ1) is 10.4. The maximum absolute atomic E-state index is 12.8. The highest BCUT2D eigenvalue weighted by Crippen LogP contribution is 2.32. The molecular formula is C15H16F3N3O. The predicted octanol–water partition coefficient (Wildman–Crippen LogP) is 2.29. The third kappa shape index (κ3) is 3.00. The van der Waals surface area contributed by atoms with E-state index in [1.54, 1.807) is 16.8 Å². The lowest BCUT2D eigenvalue weighted by molar-refractivity contribution is -0.137. The van der Waals surface area contributed by atoms with Gasteiger partial charge in [0.2, 0.25) is 0 Å². The molecule has 1 aromatic carbocycles. The van der Waals surface area contributed by atoms with Crippen molar-refractivity contribution >= 4 is 0 Å². The van der Waals surface area contributed by atoms with Crippen molar-refractivity contribution in [2.75, 3.05) is 13.1 Å². The van der Waals surface area contributed by atoms with Crippen LogP contribution in [0.15, 0.2) is 36.7 Å². The number of aromatic nitrogens is 2. The molecule has 3 rings (SSSR count). The van der Waals surface area contributed by atoms with Crippen LogP contribution in [0.3, 0.4) is 0 Å². The molecule has 1 atom stereocenters. The van der Waals surface area contributed by atoms with Gasteiger partial charge in [-0.05, 0) is 25.1 Å². The third-order valence-electron chi connectivity index (χ3n) is 3.85. The van der Waals surface area contributed by atoms with E-state index >= 15 is 0 Å². The highest BCUT2D eigenvalue weighted by Gasteiger charge is 2.33. The second kappa shape index (κ2) is 5.40.